The highest BCUT2D eigenvalue weighted by Crippen LogP contribution is 2.39. The Morgan fingerprint density at radius 3 is 2.93 bits per heavy atom. The smallest absolute Gasteiger partial charge is 0.258 e. The van der Waals surface area contributed by atoms with E-state index in [1.807, 2.05) is 6.07 Å². The molecule has 1 unspecified atom stereocenters. The summed E-state index contributed by atoms with van der Waals surface area (Å²) in [5.41, 5.74) is 6.12. The van der Waals surface area contributed by atoms with Crippen molar-refractivity contribution in [1.29, 1.82) is 0 Å². The van der Waals surface area contributed by atoms with Gasteiger partial charge in [-0.25, -0.2) is 0 Å². The van der Waals surface area contributed by atoms with Crippen molar-refractivity contribution in [3.05, 3.63) is 102 Å². The zero-order chi connectivity index (χ0) is 19.3. The molecule has 0 radical (unpaired) electrons. The van der Waals surface area contributed by atoms with Crippen LogP contribution in [0, 0.1) is 10.1 Å². The van der Waals surface area contributed by atoms with Crippen LogP contribution >= 0.6 is 11.6 Å². The predicted molar refractivity (Wildman–Crippen MR) is 114 cm³/mol. The van der Waals surface area contributed by atoms with Gasteiger partial charge in [-0.3, -0.25) is 10.1 Å². The number of nitrogens with zero attached hydrogens (tertiary/aromatic N) is 1. The van der Waals surface area contributed by atoms with Gasteiger partial charge in [-0.15, -0.1) is 0 Å². The first kappa shape index (κ1) is 17.2. The molecule has 1 atom stereocenters. The van der Waals surface area contributed by atoms with Crippen molar-refractivity contribution in [1.82, 2.24) is 0 Å². The summed E-state index contributed by atoms with van der Waals surface area (Å²) in [7, 11) is 0. The van der Waals surface area contributed by atoms with E-state index < -0.39 is 4.92 Å². The number of hydrogen-bond donors (Lipinski definition) is 0. The third-order valence-corrected chi connectivity index (χ3v) is 6.17. The quantitative estimate of drug-likeness (QED) is 0.547. The lowest BCUT2D eigenvalue weighted by Gasteiger charge is -2.26. The first-order valence-electron chi connectivity index (χ1n) is 9.48. The molecule has 3 aliphatic rings. The number of hydrogen-bond acceptors (Lipinski definition) is 2. The standard InChI is InChI=1S/C24H18ClNO2/c25-22-13-10-17(14-23(22)26(27)28)19-7-3-5-16-9-11-20-18-6-2-1-4-15(18)8-12-21(20)24(16)19/h1,3-5,7-8,10-14,19H,2,6,9H2. The molecule has 3 aliphatic carbocycles. The number of rotatable bonds is 2. The van der Waals surface area contributed by atoms with Gasteiger partial charge in [0.05, 0.1) is 4.92 Å². The van der Waals surface area contributed by atoms with Gasteiger partial charge in [-0.2, -0.15) is 0 Å². The molecular weight excluding hydrogens is 370 g/mol. The van der Waals surface area contributed by atoms with Crippen molar-refractivity contribution < 1.29 is 4.92 Å². The molecule has 0 aliphatic heterocycles. The Balaban J connectivity index is 1.76. The summed E-state index contributed by atoms with van der Waals surface area (Å²) in [5.74, 6) is -0.0133. The number of fused-ring (bicyclic) bond motifs is 4. The zero-order valence-electron chi connectivity index (χ0n) is 15.2. The molecule has 0 N–H and O–H groups in total. The summed E-state index contributed by atoms with van der Waals surface area (Å²) in [6, 6.07) is 9.56. The van der Waals surface area contributed by atoms with E-state index in [9.17, 15) is 10.1 Å². The second-order valence-corrected chi connectivity index (χ2v) is 7.79. The molecule has 0 saturated carbocycles. The molecule has 2 aromatic carbocycles. The molecule has 138 valence electrons. The first-order chi connectivity index (χ1) is 13.6. The molecular formula is C24H18ClNO2. The van der Waals surface area contributed by atoms with Crippen LogP contribution in [0.1, 0.15) is 35.4 Å². The highest BCUT2D eigenvalue weighted by molar-refractivity contribution is 6.32. The fraction of sp³-hybridized carbons (Fsp3) is 0.167. The summed E-state index contributed by atoms with van der Waals surface area (Å²) in [6.07, 6.45) is 16.1. The Bertz CT molecular complexity index is 1230. The van der Waals surface area contributed by atoms with Gasteiger partial charge in [-0.05, 0) is 63.6 Å². The maximum absolute atomic E-state index is 11.4. The average Bonchev–Trinajstić information content (AvgIpc) is 2.73. The summed E-state index contributed by atoms with van der Waals surface area (Å²) in [6.45, 7) is 0. The number of halogens is 1. The summed E-state index contributed by atoms with van der Waals surface area (Å²) in [5, 5.41) is 14.1. The van der Waals surface area contributed by atoms with E-state index >= 15 is 0 Å². The third-order valence-electron chi connectivity index (χ3n) is 5.85. The maximum atomic E-state index is 11.4. The molecule has 5 rings (SSSR count). The number of nitro benzene ring substituents is 1. The van der Waals surface area contributed by atoms with Crippen LogP contribution in [-0.2, 0) is 6.42 Å². The minimum atomic E-state index is -0.412. The van der Waals surface area contributed by atoms with Gasteiger partial charge < -0.3 is 0 Å². The largest absolute Gasteiger partial charge is 0.288 e. The molecule has 0 fully saturated rings. The SMILES string of the molecule is O=[N+]([O-])c1cc(C2C=CC=C3CC=c4c5c(ccc4=C32)C=CCC5)ccc1Cl. The highest BCUT2D eigenvalue weighted by atomic mass is 35.5. The van der Waals surface area contributed by atoms with Gasteiger partial charge >= 0.3 is 0 Å². The van der Waals surface area contributed by atoms with E-state index in [-0.39, 0.29) is 16.6 Å². The van der Waals surface area contributed by atoms with Crippen LogP contribution in [-0.4, -0.2) is 4.92 Å². The van der Waals surface area contributed by atoms with E-state index in [0.29, 0.717) is 0 Å². The van der Waals surface area contributed by atoms with Gasteiger partial charge in [0.25, 0.3) is 5.69 Å². The average molecular weight is 388 g/mol. The monoisotopic (exact) mass is 387 g/mol. The topological polar surface area (TPSA) is 43.1 Å². The lowest BCUT2D eigenvalue weighted by atomic mass is 9.77. The Morgan fingerprint density at radius 2 is 2.07 bits per heavy atom. The maximum Gasteiger partial charge on any atom is 0.288 e. The minimum absolute atomic E-state index is 0.0133. The van der Waals surface area contributed by atoms with E-state index in [4.69, 9.17) is 11.6 Å². The summed E-state index contributed by atoms with van der Waals surface area (Å²) in [4.78, 5) is 11.0. The van der Waals surface area contributed by atoms with E-state index in [1.165, 1.54) is 32.7 Å². The van der Waals surface area contributed by atoms with Crippen molar-refractivity contribution in [3.8, 4) is 0 Å². The van der Waals surface area contributed by atoms with Crippen LogP contribution < -0.4 is 10.4 Å². The van der Waals surface area contributed by atoms with E-state index in [1.54, 1.807) is 12.1 Å². The molecule has 0 heterocycles. The Kier molecular flexibility index (Phi) is 4.06. The van der Waals surface area contributed by atoms with Crippen LogP contribution in [0.5, 0.6) is 0 Å². The Labute approximate surface area is 167 Å². The zero-order valence-corrected chi connectivity index (χ0v) is 15.9. The predicted octanol–water partition coefficient (Wildman–Crippen LogP) is 4.82. The lowest BCUT2D eigenvalue weighted by Crippen LogP contribution is -2.36. The molecule has 3 nitrogen and oxygen atoms in total. The second kappa shape index (κ2) is 6.61. The van der Waals surface area contributed by atoms with Crippen LogP contribution in [0.25, 0.3) is 17.7 Å². The molecule has 0 bridgehead atoms. The number of allylic oxidation sites excluding steroid dienone is 5. The summed E-state index contributed by atoms with van der Waals surface area (Å²) < 4.78 is 0. The van der Waals surface area contributed by atoms with Gasteiger partial charge in [0.2, 0.25) is 0 Å². The number of nitro groups is 1. The fourth-order valence-corrected chi connectivity index (χ4v) is 4.75. The van der Waals surface area contributed by atoms with Gasteiger partial charge in [0.15, 0.2) is 0 Å². The van der Waals surface area contributed by atoms with Gasteiger partial charge in [0, 0.05) is 12.0 Å². The first-order valence-corrected chi connectivity index (χ1v) is 9.85. The van der Waals surface area contributed by atoms with Crippen LogP contribution in [0.3, 0.4) is 0 Å². The van der Waals surface area contributed by atoms with Crippen molar-refractivity contribution in [2.75, 3.05) is 0 Å². The normalized spacial score (nSPS) is 19.2. The van der Waals surface area contributed by atoms with Crippen LogP contribution in [0.2, 0.25) is 5.02 Å². The molecule has 28 heavy (non-hydrogen) atoms. The number of benzene rings is 2. The molecule has 2 aromatic rings. The minimum Gasteiger partial charge on any atom is -0.258 e. The summed E-state index contributed by atoms with van der Waals surface area (Å²) >= 11 is 6.04. The Hall–Kier alpha value is -2.91. The van der Waals surface area contributed by atoms with Crippen molar-refractivity contribution >= 4 is 35.0 Å². The van der Waals surface area contributed by atoms with Crippen LogP contribution in [0.4, 0.5) is 5.69 Å². The molecule has 0 aromatic heterocycles. The second-order valence-electron chi connectivity index (χ2n) is 7.38. The highest BCUT2D eigenvalue weighted by Gasteiger charge is 2.25. The molecule has 0 amide bonds. The van der Waals surface area contributed by atoms with E-state index in [2.05, 4.69) is 48.6 Å². The molecule has 0 spiro atoms. The Morgan fingerprint density at radius 1 is 1.18 bits per heavy atom. The van der Waals surface area contributed by atoms with E-state index in [0.717, 1.165) is 24.8 Å². The molecule has 0 saturated heterocycles. The van der Waals surface area contributed by atoms with Crippen LogP contribution in [0.15, 0.2) is 60.2 Å². The van der Waals surface area contributed by atoms with Gasteiger partial charge in [-0.1, -0.05) is 66.3 Å². The third kappa shape index (κ3) is 2.66. The fourth-order valence-electron chi connectivity index (χ4n) is 4.56. The lowest BCUT2D eigenvalue weighted by molar-refractivity contribution is -0.384. The molecule has 4 heteroatoms. The van der Waals surface area contributed by atoms with Crippen molar-refractivity contribution in [2.45, 2.75) is 25.2 Å². The van der Waals surface area contributed by atoms with Crippen molar-refractivity contribution in [2.24, 2.45) is 0 Å². The van der Waals surface area contributed by atoms with Gasteiger partial charge in [0.1, 0.15) is 5.02 Å². The van der Waals surface area contributed by atoms with Crippen molar-refractivity contribution in [3.63, 3.8) is 0 Å².